The zero-order valence-corrected chi connectivity index (χ0v) is 13.0. The number of rotatable bonds is 4. The van der Waals surface area contributed by atoms with Crippen molar-refractivity contribution in [2.45, 2.75) is 11.1 Å². The standard InChI is InChI=1S/C14H11F3N2O4S/c1-23-10-3-5-11(6-4-10)24(21,22)19-13(20)9-2-7-12(18-8-9)14(15,16)17/h2-8H,1H3,(H,19,20). The number of nitrogens with one attached hydrogen (secondary N) is 1. The van der Waals surface area contributed by atoms with Crippen molar-refractivity contribution in [3.63, 3.8) is 0 Å². The molecule has 0 fully saturated rings. The maximum atomic E-state index is 12.4. The van der Waals surface area contributed by atoms with Crippen LogP contribution in [0.15, 0.2) is 47.5 Å². The number of alkyl halides is 3. The van der Waals surface area contributed by atoms with E-state index in [1.54, 1.807) is 4.72 Å². The molecule has 1 aromatic heterocycles. The Morgan fingerprint density at radius 3 is 2.21 bits per heavy atom. The molecular formula is C14H11F3N2O4S. The Hall–Kier alpha value is -2.62. The zero-order chi connectivity index (χ0) is 18.0. The lowest BCUT2D eigenvalue weighted by Gasteiger charge is -2.09. The van der Waals surface area contributed by atoms with E-state index in [-0.39, 0.29) is 10.5 Å². The summed E-state index contributed by atoms with van der Waals surface area (Å²) >= 11 is 0. The topological polar surface area (TPSA) is 85.4 Å². The SMILES string of the molecule is COc1ccc(S(=O)(=O)NC(=O)c2ccc(C(F)(F)F)nc2)cc1. The van der Waals surface area contributed by atoms with Crippen molar-refractivity contribution in [2.75, 3.05) is 7.11 Å². The second-order valence-corrected chi connectivity index (χ2v) is 6.22. The molecule has 1 aromatic carbocycles. The van der Waals surface area contributed by atoms with Gasteiger partial charge >= 0.3 is 6.18 Å². The van der Waals surface area contributed by atoms with Crippen molar-refractivity contribution >= 4 is 15.9 Å². The first-order chi connectivity index (χ1) is 11.1. The van der Waals surface area contributed by atoms with Crippen LogP contribution in [0.5, 0.6) is 5.75 Å². The van der Waals surface area contributed by atoms with Crippen molar-refractivity contribution in [3.05, 3.63) is 53.9 Å². The monoisotopic (exact) mass is 360 g/mol. The lowest BCUT2D eigenvalue weighted by Crippen LogP contribution is -2.30. The van der Waals surface area contributed by atoms with E-state index < -0.39 is 27.8 Å². The highest BCUT2D eigenvalue weighted by atomic mass is 32.2. The van der Waals surface area contributed by atoms with Crippen LogP contribution in [0.3, 0.4) is 0 Å². The molecule has 0 bridgehead atoms. The predicted molar refractivity (Wildman–Crippen MR) is 76.9 cm³/mol. The van der Waals surface area contributed by atoms with Crippen LogP contribution in [0.1, 0.15) is 16.1 Å². The Morgan fingerprint density at radius 2 is 1.75 bits per heavy atom. The number of carbonyl (C=O) groups is 1. The first kappa shape index (κ1) is 17.7. The van der Waals surface area contributed by atoms with E-state index in [2.05, 4.69) is 4.98 Å². The summed E-state index contributed by atoms with van der Waals surface area (Å²) in [4.78, 5) is 14.8. The first-order valence-corrected chi connectivity index (χ1v) is 7.86. The van der Waals surface area contributed by atoms with Gasteiger partial charge in [0.2, 0.25) is 0 Å². The summed E-state index contributed by atoms with van der Waals surface area (Å²) < 4.78 is 68.0. The van der Waals surface area contributed by atoms with Crippen LogP contribution < -0.4 is 9.46 Å². The molecule has 128 valence electrons. The number of sulfonamides is 1. The smallest absolute Gasteiger partial charge is 0.433 e. The fraction of sp³-hybridized carbons (Fsp3) is 0.143. The Balaban J connectivity index is 2.18. The first-order valence-electron chi connectivity index (χ1n) is 6.38. The lowest BCUT2D eigenvalue weighted by atomic mass is 10.2. The van der Waals surface area contributed by atoms with Gasteiger partial charge in [0.1, 0.15) is 11.4 Å². The Bertz CT molecular complexity index is 832. The molecule has 1 amide bonds. The number of amides is 1. The number of halogens is 3. The van der Waals surface area contributed by atoms with E-state index in [0.29, 0.717) is 18.0 Å². The molecule has 6 nitrogen and oxygen atoms in total. The molecular weight excluding hydrogens is 349 g/mol. The fourth-order valence-corrected chi connectivity index (χ4v) is 2.66. The predicted octanol–water partition coefficient (Wildman–Crippen LogP) is 2.23. The molecule has 1 N–H and O–H groups in total. The average Bonchev–Trinajstić information content (AvgIpc) is 2.54. The van der Waals surface area contributed by atoms with Gasteiger partial charge in [-0.2, -0.15) is 13.2 Å². The molecule has 0 spiro atoms. The molecule has 10 heteroatoms. The van der Waals surface area contributed by atoms with Gasteiger partial charge in [0.15, 0.2) is 0 Å². The highest BCUT2D eigenvalue weighted by Gasteiger charge is 2.32. The number of nitrogens with zero attached hydrogens (tertiary/aromatic N) is 1. The van der Waals surface area contributed by atoms with E-state index in [1.807, 2.05) is 0 Å². The van der Waals surface area contributed by atoms with Crippen LogP contribution in [-0.4, -0.2) is 26.4 Å². The van der Waals surface area contributed by atoms with Gasteiger partial charge in [-0.05, 0) is 36.4 Å². The van der Waals surface area contributed by atoms with Crippen LogP contribution in [0.4, 0.5) is 13.2 Å². The third-order valence-electron chi connectivity index (χ3n) is 2.91. The van der Waals surface area contributed by atoms with E-state index in [9.17, 15) is 26.4 Å². The largest absolute Gasteiger partial charge is 0.497 e. The van der Waals surface area contributed by atoms with Gasteiger partial charge in [-0.3, -0.25) is 9.78 Å². The van der Waals surface area contributed by atoms with Gasteiger partial charge in [0, 0.05) is 6.20 Å². The van der Waals surface area contributed by atoms with E-state index >= 15 is 0 Å². The quantitative estimate of drug-likeness (QED) is 0.904. The lowest BCUT2D eigenvalue weighted by molar-refractivity contribution is -0.141. The molecule has 0 unspecified atom stereocenters. The van der Waals surface area contributed by atoms with Crippen LogP contribution >= 0.6 is 0 Å². The molecule has 0 atom stereocenters. The van der Waals surface area contributed by atoms with Crippen LogP contribution in [-0.2, 0) is 16.2 Å². The second kappa shape index (κ2) is 6.48. The summed E-state index contributed by atoms with van der Waals surface area (Å²) in [5.41, 5.74) is -1.50. The fourth-order valence-electron chi connectivity index (χ4n) is 1.69. The number of carbonyl (C=O) groups excluding carboxylic acids is 1. The number of hydrogen-bond acceptors (Lipinski definition) is 5. The molecule has 1 heterocycles. The Morgan fingerprint density at radius 1 is 1.12 bits per heavy atom. The van der Waals surface area contributed by atoms with Gasteiger partial charge < -0.3 is 4.74 Å². The number of pyridine rings is 1. The number of ether oxygens (including phenoxy) is 1. The zero-order valence-electron chi connectivity index (χ0n) is 12.2. The van der Waals surface area contributed by atoms with Crippen LogP contribution in [0.25, 0.3) is 0 Å². The summed E-state index contributed by atoms with van der Waals surface area (Å²) in [6.45, 7) is 0. The minimum absolute atomic E-state index is 0.198. The third-order valence-corrected chi connectivity index (χ3v) is 4.26. The summed E-state index contributed by atoms with van der Waals surface area (Å²) in [6.07, 6.45) is -3.99. The minimum atomic E-state index is -4.65. The summed E-state index contributed by atoms with van der Waals surface area (Å²) in [7, 11) is -2.77. The minimum Gasteiger partial charge on any atom is -0.497 e. The maximum absolute atomic E-state index is 12.4. The van der Waals surface area contributed by atoms with Crippen LogP contribution in [0, 0.1) is 0 Å². The molecule has 0 aliphatic carbocycles. The van der Waals surface area contributed by atoms with Gasteiger partial charge in [0.25, 0.3) is 15.9 Å². The third kappa shape index (κ3) is 4.02. The van der Waals surface area contributed by atoms with Crippen molar-refractivity contribution in [1.82, 2.24) is 9.71 Å². The second-order valence-electron chi connectivity index (χ2n) is 4.54. The van der Waals surface area contributed by atoms with Crippen molar-refractivity contribution in [1.29, 1.82) is 0 Å². The van der Waals surface area contributed by atoms with Crippen molar-refractivity contribution in [3.8, 4) is 5.75 Å². The molecule has 2 aromatic rings. The number of methoxy groups -OCH3 is 1. The van der Waals surface area contributed by atoms with Gasteiger partial charge in [-0.25, -0.2) is 13.1 Å². The molecule has 0 saturated heterocycles. The summed E-state index contributed by atoms with van der Waals surface area (Å²) in [6, 6.07) is 6.65. The highest BCUT2D eigenvalue weighted by Crippen LogP contribution is 2.27. The normalized spacial score (nSPS) is 11.8. The molecule has 0 saturated carbocycles. The van der Waals surface area contributed by atoms with Gasteiger partial charge in [-0.1, -0.05) is 0 Å². The van der Waals surface area contributed by atoms with Crippen LogP contribution in [0.2, 0.25) is 0 Å². The molecule has 0 radical (unpaired) electrons. The average molecular weight is 360 g/mol. The van der Waals surface area contributed by atoms with E-state index in [0.717, 1.165) is 6.07 Å². The van der Waals surface area contributed by atoms with E-state index in [1.165, 1.54) is 31.4 Å². The van der Waals surface area contributed by atoms with Gasteiger partial charge in [0.05, 0.1) is 17.6 Å². The van der Waals surface area contributed by atoms with Crippen molar-refractivity contribution < 1.29 is 31.1 Å². The number of benzene rings is 1. The number of hydrogen-bond donors (Lipinski definition) is 1. The Labute approximate surface area is 135 Å². The Kier molecular flexibility index (Phi) is 4.78. The summed E-state index contributed by atoms with van der Waals surface area (Å²) in [5.74, 6) is -0.667. The van der Waals surface area contributed by atoms with Gasteiger partial charge in [-0.15, -0.1) is 0 Å². The molecule has 0 aliphatic heterocycles. The molecule has 0 aliphatic rings. The van der Waals surface area contributed by atoms with E-state index in [4.69, 9.17) is 4.74 Å². The van der Waals surface area contributed by atoms with Crippen molar-refractivity contribution in [2.24, 2.45) is 0 Å². The highest BCUT2D eigenvalue weighted by molar-refractivity contribution is 7.90. The molecule has 2 rings (SSSR count). The summed E-state index contributed by atoms with van der Waals surface area (Å²) in [5, 5.41) is 0. The maximum Gasteiger partial charge on any atom is 0.433 e. The molecule has 24 heavy (non-hydrogen) atoms. The number of aromatic nitrogens is 1.